The van der Waals surface area contributed by atoms with Gasteiger partial charge in [0.1, 0.15) is 0 Å². The molecule has 0 saturated heterocycles. The topological polar surface area (TPSA) is 121 Å². The van der Waals surface area contributed by atoms with Gasteiger partial charge < -0.3 is 5.11 Å². The molecule has 0 fully saturated rings. The standard InChI is InChI=1S/C23H18N2O6S/c26-21-19-6-1-2-7-20(19)22(27)25(21)14-15-8-10-18(11-9-15)32(30,31)24-13-16-4-3-5-17(12-16)23(28)29/h1-12,24H,13-14H2,(H,28,29). The molecule has 0 bridgehead atoms. The number of carboxylic acid groups (broad SMARTS) is 1. The molecule has 162 valence electrons. The number of sulfonamides is 1. The number of benzene rings is 3. The summed E-state index contributed by atoms with van der Waals surface area (Å²) in [5.74, 6) is -1.86. The number of nitrogens with one attached hydrogen (secondary N) is 1. The fourth-order valence-electron chi connectivity index (χ4n) is 3.42. The minimum atomic E-state index is -3.85. The van der Waals surface area contributed by atoms with Crippen LogP contribution in [0.5, 0.6) is 0 Å². The molecule has 3 aromatic rings. The SMILES string of the molecule is O=C(O)c1cccc(CNS(=O)(=O)c2ccc(CN3C(=O)c4ccccc4C3=O)cc2)c1. The van der Waals surface area contributed by atoms with Crippen molar-refractivity contribution in [3.63, 3.8) is 0 Å². The van der Waals surface area contributed by atoms with Crippen LogP contribution >= 0.6 is 0 Å². The molecule has 32 heavy (non-hydrogen) atoms. The quantitative estimate of drug-likeness (QED) is 0.534. The van der Waals surface area contributed by atoms with Crippen molar-refractivity contribution < 1.29 is 27.9 Å². The average Bonchev–Trinajstić information content (AvgIpc) is 3.03. The van der Waals surface area contributed by atoms with Gasteiger partial charge in [-0.2, -0.15) is 0 Å². The summed E-state index contributed by atoms with van der Waals surface area (Å²) in [5, 5.41) is 9.04. The van der Waals surface area contributed by atoms with Gasteiger partial charge in [-0.05, 0) is 47.5 Å². The van der Waals surface area contributed by atoms with Crippen LogP contribution in [0.4, 0.5) is 0 Å². The number of hydrogen-bond donors (Lipinski definition) is 2. The van der Waals surface area contributed by atoms with Crippen LogP contribution < -0.4 is 4.72 Å². The van der Waals surface area contributed by atoms with Gasteiger partial charge in [0, 0.05) is 6.54 Å². The van der Waals surface area contributed by atoms with E-state index in [1.165, 1.54) is 24.3 Å². The Kier molecular flexibility index (Phi) is 5.60. The molecule has 8 nitrogen and oxygen atoms in total. The maximum atomic E-state index is 12.6. The minimum Gasteiger partial charge on any atom is -0.478 e. The van der Waals surface area contributed by atoms with Gasteiger partial charge in [0.2, 0.25) is 10.0 Å². The van der Waals surface area contributed by atoms with Crippen molar-refractivity contribution in [3.8, 4) is 0 Å². The van der Waals surface area contributed by atoms with E-state index >= 15 is 0 Å². The lowest BCUT2D eigenvalue weighted by atomic mass is 10.1. The number of aromatic carboxylic acids is 1. The zero-order valence-corrected chi connectivity index (χ0v) is 17.5. The predicted octanol–water partition coefficient (Wildman–Crippen LogP) is 2.66. The van der Waals surface area contributed by atoms with Crippen LogP contribution in [-0.4, -0.2) is 36.2 Å². The van der Waals surface area contributed by atoms with Gasteiger partial charge in [-0.1, -0.05) is 36.4 Å². The summed E-state index contributed by atoms with van der Waals surface area (Å²) in [4.78, 5) is 37.2. The number of rotatable bonds is 7. The number of amides is 2. The zero-order chi connectivity index (χ0) is 22.9. The van der Waals surface area contributed by atoms with Crippen molar-refractivity contribution in [1.82, 2.24) is 9.62 Å². The molecule has 9 heteroatoms. The third-order valence-corrected chi connectivity index (χ3v) is 6.51. The summed E-state index contributed by atoms with van der Waals surface area (Å²) < 4.78 is 27.6. The lowest BCUT2D eigenvalue weighted by Gasteiger charge is -2.14. The minimum absolute atomic E-state index is 0.0120. The Morgan fingerprint density at radius 2 is 1.47 bits per heavy atom. The van der Waals surface area contributed by atoms with Crippen molar-refractivity contribution >= 4 is 27.8 Å². The number of nitrogens with zero attached hydrogens (tertiary/aromatic N) is 1. The van der Waals surface area contributed by atoms with Gasteiger partial charge in [0.25, 0.3) is 11.8 Å². The third-order valence-electron chi connectivity index (χ3n) is 5.09. The first-order valence-corrected chi connectivity index (χ1v) is 11.1. The summed E-state index contributed by atoms with van der Waals surface area (Å²) in [5.41, 5.74) is 1.89. The Morgan fingerprint density at radius 1 is 0.844 bits per heavy atom. The Labute approximate surface area is 184 Å². The normalized spacial score (nSPS) is 13.3. The molecular weight excluding hydrogens is 432 g/mol. The van der Waals surface area contributed by atoms with Gasteiger partial charge in [0.15, 0.2) is 0 Å². The highest BCUT2D eigenvalue weighted by atomic mass is 32.2. The lowest BCUT2D eigenvalue weighted by molar-refractivity contribution is 0.0639. The number of imide groups is 1. The second-order valence-corrected chi connectivity index (χ2v) is 8.98. The molecule has 3 aromatic carbocycles. The number of carboxylic acids is 1. The first kappa shape index (κ1) is 21.4. The van der Waals surface area contributed by atoms with E-state index in [0.717, 1.165) is 4.90 Å². The largest absolute Gasteiger partial charge is 0.478 e. The summed E-state index contributed by atoms with van der Waals surface area (Å²) in [7, 11) is -3.85. The average molecular weight is 450 g/mol. The van der Waals surface area contributed by atoms with Gasteiger partial charge in [0.05, 0.1) is 28.1 Å². The van der Waals surface area contributed by atoms with E-state index in [2.05, 4.69) is 4.72 Å². The molecular formula is C23H18N2O6S. The van der Waals surface area contributed by atoms with Crippen molar-refractivity contribution in [1.29, 1.82) is 0 Å². The Hall–Kier alpha value is -3.82. The monoisotopic (exact) mass is 450 g/mol. The van der Waals surface area contributed by atoms with Crippen LogP contribution in [0.15, 0.2) is 77.7 Å². The fraction of sp³-hybridized carbons (Fsp3) is 0.0870. The summed E-state index contributed by atoms with van der Waals surface area (Å²) in [6, 6.07) is 18.5. The van der Waals surface area contributed by atoms with Crippen molar-refractivity contribution in [3.05, 3.63) is 101 Å². The van der Waals surface area contributed by atoms with Crippen LogP contribution in [0.25, 0.3) is 0 Å². The van der Waals surface area contributed by atoms with Gasteiger partial charge in [-0.3, -0.25) is 14.5 Å². The van der Waals surface area contributed by atoms with Crippen molar-refractivity contribution in [2.24, 2.45) is 0 Å². The molecule has 2 N–H and O–H groups in total. The number of fused-ring (bicyclic) bond motifs is 1. The van der Waals surface area contributed by atoms with E-state index in [0.29, 0.717) is 22.3 Å². The summed E-state index contributed by atoms with van der Waals surface area (Å²) in [6.45, 7) is -0.0394. The van der Waals surface area contributed by atoms with Gasteiger partial charge in [-0.15, -0.1) is 0 Å². The first-order valence-electron chi connectivity index (χ1n) is 9.62. The van der Waals surface area contributed by atoms with Crippen LogP contribution in [0.3, 0.4) is 0 Å². The van der Waals surface area contributed by atoms with E-state index < -0.39 is 16.0 Å². The third kappa shape index (κ3) is 4.16. The molecule has 0 saturated carbocycles. The molecule has 1 aliphatic rings. The van der Waals surface area contributed by atoms with E-state index in [4.69, 9.17) is 5.11 Å². The fourth-order valence-corrected chi connectivity index (χ4v) is 4.43. The zero-order valence-electron chi connectivity index (χ0n) is 16.7. The number of hydrogen-bond acceptors (Lipinski definition) is 5. The molecule has 0 unspecified atom stereocenters. The molecule has 1 aliphatic heterocycles. The van der Waals surface area contributed by atoms with Crippen LogP contribution in [-0.2, 0) is 23.1 Å². The number of carbonyl (C=O) groups excluding carboxylic acids is 2. The summed E-state index contributed by atoms with van der Waals surface area (Å²) >= 11 is 0. The highest BCUT2D eigenvalue weighted by Crippen LogP contribution is 2.24. The Bertz CT molecular complexity index is 1300. The second-order valence-electron chi connectivity index (χ2n) is 7.22. The molecule has 2 amide bonds. The molecule has 0 atom stereocenters. The predicted molar refractivity (Wildman–Crippen MR) is 115 cm³/mol. The van der Waals surface area contributed by atoms with Crippen LogP contribution in [0, 0.1) is 0 Å². The highest BCUT2D eigenvalue weighted by Gasteiger charge is 2.34. The van der Waals surface area contributed by atoms with E-state index in [1.807, 2.05) is 0 Å². The smallest absolute Gasteiger partial charge is 0.335 e. The Balaban J connectivity index is 1.44. The maximum absolute atomic E-state index is 12.6. The lowest BCUT2D eigenvalue weighted by Crippen LogP contribution is -2.29. The molecule has 0 radical (unpaired) electrons. The van der Waals surface area contributed by atoms with Crippen LogP contribution in [0.2, 0.25) is 0 Å². The second kappa shape index (κ2) is 8.37. The highest BCUT2D eigenvalue weighted by molar-refractivity contribution is 7.89. The molecule has 4 rings (SSSR count). The van der Waals surface area contributed by atoms with Crippen molar-refractivity contribution in [2.75, 3.05) is 0 Å². The van der Waals surface area contributed by atoms with Gasteiger partial charge >= 0.3 is 5.97 Å². The summed E-state index contributed by atoms with van der Waals surface area (Å²) in [6.07, 6.45) is 0. The maximum Gasteiger partial charge on any atom is 0.335 e. The molecule has 0 aromatic heterocycles. The van der Waals surface area contributed by atoms with E-state index in [9.17, 15) is 22.8 Å². The van der Waals surface area contributed by atoms with E-state index in [1.54, 1.807) is 48.5 Å². The first-order chi connectivity index (χ1) is 15.3. The molecule has 0 aliphatic carbocycles. The number of carbonyl (C=O) groups is 3. The van der Waals surface area contributed by atoms with E-state index in [-0.39, 0.29) is 35.4 Å². The van der Waals surface area contributed by atoms with Gasteiger partial charge in [-0.25, -0.2) is 17.9 Å². The molecule has 0 spiro atoms. The Morgan fingerprint density at radius 3 is 2.06 bits per heavy atom. The van der Waals surface area contributed by atoms with Crippen LogP contribution in [0.1, 0.15) is 42.2 Å². The molecule has 1 heterocycles. The van der Waals surface area contributed by atoms with Crippen molar-refractivity contribution in [2.45, 2.75) is 18.0 Å².